The van der Waals surface area contributed by atoms with Gasteiger partial charge in [0.1, 0.15) is 0 Å². The largest absolute Gasteiger partial charge is 0.379 e. The monoisotopic (exact) mass is 254 g/mol. The maximum Gasteiger partial charge on any atom is 0.0964 e. The van der Waals surface area contributed by atoms with Gasteiger partial charge in [0, 0.05) is 25.9 Å². The lowest BCUT2D eigenvalue weighted by atomic mass is 9.90. The minimum atomic E-state index is 0.166. The zero-order valence-corrected chi connectivity index (χ0v) is 12.2. The van der Waals surface area contributed by atoms with Crippen molar-refractivity contribution >= 4 is 0 Å². The second-order valence-electron chi connectivity index (χ2n) is 5.77. The summed E-state index contributed by atoms with van der Waals surface area (Å²) in [5.74, 6) is 0. The number of nitrogens with zero attached hydrogens (tertiary/aromatic N) is 3. The molecule has 0 aliphatic rings. The third-order valence-electron chi connectivity index (χ3n) is 2.76. The molecule has 0 saturated carbocycles. The predicted octanol–water partition coefficient (Wildman–Crippen LogP) is 1.84. The summed E-state index contributed by atoms with van der Waals surface area (Å²) in [6, 6.07) is 0. The van der Waals surface area contributed by atoms with Crippen molar-refractivity contribution in [3.8, 4) is 0 Å². The van der Waals surface area contributed by atoms with Crippen molar-refractivity contribution in [1.82, 2.24) is 20.3 Å². The number of hydrogen-bond donors (Lipinski definition) is 1. The normalized spacial score (nSPS) is 12.3. The lowest BCUT2D eigenvalue weighted by Gasteiger charge is -2.24. The fourth-order valence-corrected chi connectivity index (χ4v) is 1.77. The van der Waals surface area contributed by atoms with Crippen LogP contribution in [0.4, 0.5) is 0 Å². The van der Waals surface area contributed by atoms with Gasteiger partial charge in [-0.3, -0.25) is 4.68 Å². The van der Waals surface area contributed by atoms with Crippen molar-refractivity contribution in [3.63, 3.8) is 0 Å². The Balaban J connectivity index is 2.42. The molecular weight excluding hydrogens is 228 g/mol. The highest BCUT2D eigenvalue weighted by atomic mass is 16.5. The Kier molecular flexibility index (Phi) is 5.75. The molecule has 0 amide bonds. The molecule has 18 heavy (non-hydrogen) atoms. The summed E-state index contributed by atoms with van der Waals surface area (Å²) in [6.45, 7) is 11.0. The van der Waals surface area contributed by atoms with Crippen LogP contribution in [0.2, 0.25) is 0 Å². The summed E-state index contributed by atoms with van der Waals surface area (Å²) in [7, 11) is 1.91. The molecule has 5 nitrogen and oxygen atoms in total. The van der Waals surface area contributed by atoms with Gasteiger partial charge in [0.15, 0.2) is 0 Å². The van der Waals surface area contributed by atoms with Crippen LogP contribution < -0.4 is 5.32 Å². The summed E-state index contributed by atoms with van der Waals surface area (Å²) in [5.41, 5.74) is 1.14. The average molecular weight is 254 g/mol. The SMILES string of the molecule is CNCc1cn(CC(C)(C)CCOC(C)C)nn1. The number of nitrogens with one attached hydrogen (secondary N) is 1. The molecule has 1 heterocycles. The fourth-order valence-electron chi connectivity index (χ4n) is 1.77. The molecule has 0 unspecified atom stereocenters. The van der Waals surface area contributed by atoms with Gasteiger partial charge in [-0.1, -0.05) is 19.1 Å². The van der Waals surface area contributed by atoms with Crippen molar-refractivity contribution in [3.05, 3.63) is 11.9 Å². The molecule has 0 bridgehead atoms. The van der Waals surface area contributed by atoms with Gasteiger partial charge in [0.05, 0.1) is 11.8 Å². The van der Waals surface area contributed by atoms with E-state index >= 15 is 0 Å². The van der Waals surface area contributed by atoms with Gasteiger partial charge in [-0.05, 0) is 32.7 Å². The van der Waals surface area contributed by atoms with E-state index in [1.165, 1.54) is 0 Å². The Morgan fingerprint density at radius 2 is 2.17 bits per heavy atom. The molecule has 0 aromatic carbocycles. The molecule has 104 valence electrons. The topological polar surface area (TPSA) is 52.0 Å². The van der Waals surface area contributed by atoms with Crippen LogP contribution in [-0.2, 0) is 17.8 Å². The Bertz CT molecular complexity index is 347. The molecule has 1 rings (SSSR count). The van der Waals surface area contributed by atoms with E-state index < -0.39 is 0 Å². The molecule has 0 fully saturated rings. The first-order valence-electron chi connectivity index (χ1n) is 6.58. The minimum Gasteiger partial charge on any atom is -0.379 e. The van der Waals surface area contributed by atoms with Crippen LogP contribution in [0.1, 0.15) is 39.8 Å². The van der Waals surface area contributed by atoms with Crippen molar-refractivity contribution < 1.29 is 4.74 Å². The molecule has 0 atom stereocenters. The van der Waals surface area contributed by atoms with Crippen LogP contribution in [0.25, 0.3) is 0 Å². The molecule has 0 aliphatic heterocycles. The summed E-state index contributed by atoms with van der Waals surface area (Å²) >= 11 is 0. The quantitative estimate of drug-likeness (QED) is 0.769. The van der Waals surface area contributed by atoms with Gasteiger partial charge in [-0.25, -0.2) is 0 Å². The summed E-state index contributed by atoms with van der Waals surface area (Å²) in [6.07, 6.45) is 3.32. The maximum absolute atomic E-state index is 5.60. The Hall–Kier alpha value is -0.940. The predicted molar refractivity (Wildman–Crippen MR) is 72.3 cm³/mol. The van der Waals surface area contributed by atoms with Gasteiger partial charge in [0.2, 0.25) is 0 Å². The fraction of sp³-hybridized carbons (Fsp3) is 0.846. The molecule has 0 saturated heterocycles. The van der Waals surface area contributed by atoms with Crippen molar-refractivity contribution in [2.24, 2.45) is 5.41 Å². The van der Waals surface area contributed by atoms with E-state index in [1.54, 1.807) is 0 Å². The first kappa shape index (κ1) is 15.1. The molecule has 0 spiro atoms. The highest BCUT2D eigenvalue weighted by Gasteiger charge is 2.19. The van der Waals surface area contributed by atoms with E-state index in [2.05, 4.69) is 43.3 Å². The van der Waals surface area contributed by atoms with E-state index in [0.29, 0.717) is 6.10 Å². The first-order valence-corrected chi connectivity index (χ1v) is 6.58. The number of ether oxygens (including phenoxy) is 1. The lowest BCUT2D eigenvalue weighted by Crippen LogP contribution is -2.23. The molecule has 5 heteroatoms. The van der Waals surface area contributed by atoms with Crippen LogP contribution in [0.15, 0.2) is 6.20 Å². The number of aromatic nitrogens is 3. The average Bonchev–Trinajstić information content (AvgIpc) is 2.64. The summed E-state index contributed by atoms with van der Waals surface area (Å²) in [4.78, 5) is 0. The maximum atomic E-state index is 5.60. The molecule has 1 aromatic rings. The van der Waals surface area contributed by atoms with Gasteiger partial charge in [-0.2, -0.15) is 0 Å². The van der Waals surface area contributed by atoms with Gasteiger partial charge >= 0.3 is 0 Å². The Labute approximate surface area is 110 Å². The molecule has 0 aliphatic carbocycles. The van der Waals surface area contributed by atoms with Crippen molar-refractivity contribution in [2.75, 3.05) is 13.7 Å². The minimum absolute atomic E-state index is 0.166. The van der Waals surface area contributed by atoms with Gasteiger partial charge in [0.25, 0.3) is 0 Å². The third-order valence-corrected chi connectivity index (χ3v) is 2.76. The van der Waals surface area contributed by atoms with E-state index in [-0.39, 0.29) is 5.41 Å². The zero-order valence-electron chi connectivity index (χ0n) is 12.2. The number of rotatable bonds is 8. The van der Waals surface area contributed by atoms with Gasteiger partial charge in [-0.15, -0.1) is 5.10 Å². The second kappa shape index (κ2) is 6.85. The Morgan fingerprint density at radius 1 is 1.44 bits per heavy atom. The van der Waals surface area contributed by atoms with Crippen LogP contribution in [0.5, 0.6) is 0 Å². The van der Waals surface area contributed by atoms with E-state index in [9.17, 15) is 0 Å². The van der Waals surface area contributed by atoms with E-state index in [0.717, 1.165) is 31.8 Å². The molecule has 0 radical (unpaired) electrons. The highest BCUT2D eigenvalue weighted by molar-refractivity contribution is 4.91. The zero-order chi connectivity index (χ0) is 13.6. The third kappa shape index (κ3) is 5.60. The summed E-state index contributed by atoms with van der Waals surface area (Å²) < 4.78 is 7.52. The van der Waals surface area contributed by atoms with E-state index in [4.69, 9.17) is 4.74 Å². The molecular formula is C13H26N4O. The highest BCUT2D eigenvalue weighted by Crippen LogP contribution is 2.22. The molecule has 1 N–H and O–H groups in total. The smallest absolute Gasteiger partial charge is 0.0964 e. The first-order chi connectivity index (χ1) is 8.43. The van der Waals surface area contributed by atoms with Crippen LogP contribution in [-0.4, -0.2) is 34.8 Å². The van der Waals surface area contributed by atoms with Crippen molar-refractivity contribution in [2.45, 2.75) is 53.3 Å². The Morgan fingerprint density at radius 3 is 2.78 bits per heavy atom. The van der Waals surface area contributed by atoms with Gasteiger partial charge < -0.3 is 10.1 Å². The van der Waals surface area contributed by atoms with Crippen molar-refractivity contribution in [1.29, 1.82) is 0 Å². The molecule has 1 aromatic heterocycles. The lowest BCUT2D eigenvalue weighted by molar-refractivity contribution is 0.0533. The standard InChI is InChI=1S/C13H26N4O/c1-11(2)18-7-6-13(3,4)10-17-9-12(8-14-5)15-16-17/h9,11,14H,6-8,10H2,1-5H3. The second-order valence-corrected chi connectivity index (χ2v) is 5.77. The van der Waals surface area contributed by atoms with Crippen LogP contribution >= 0.6 is 0 Å². The van der Waals surface area contributed by atoms with Crippen LogP contribution in [0, 0.1) is 5.41 Å². The van der Waals surface area contributed by atoms with Crippen LogP contribution in [0.3, 0.4) is 0 Å². The summed E-state index contributed by atoms with van der Waals surface area (Å²) in [5, 5.41) is 11.3. The number of hydrogen-bond acceptors (Lipinski definition) is 4. The van der Waals surface area contributed by atoms with E-state index in [1.807, 2.05) is 17.9 Å².